The van der Waals surface area contributed by atoms with Crippen LogP contribution in [0.1, 0.15) is 27.2 Å². The van der Waals surface area contributed by atoms with Crippen LogP contribution in [0.25, 0.3) is 0 Å². The van der Waals surface area contributed by atoms with Crippen LogP contribution in [0, 0.1) is 0 Å². The number of fused-ring (bicyclic) bond motifs is 2. The molecule has 0 radical (unpaired) electrons. The number of halogens is 1. The van der Waals surface area contributed by atoms with Gasteiger partial charge >= 0.3 is 6.09 Å². The van der Waals surface area contributed by atoms with E-state index in [0.29, 0.717) is 17.7 Å². The van der Waals surface area contributed by atoms with Crippen molar-refractivity contribution in [3.05, 3.63) is 23.5 Å². The van der Waals surface area contributed by atoms with Crippen molar-refractivity contribution in [3.8, 4) is 0 Å². The van der Waals surface area contributed by atoms with E-state index in [0.717, 1.165) is 18.7 Å². The van der Waals surface area contributed by atoms with Crippen molar-refractivity contribution in [1.82, 2.24) is 9.88 Å². The fourth-order valence-electron chi connectivity index (χ4n) is 3.07. The Morgan fingerprint density at radius 1 is 1.33 bits per heavy atom. The van der Waals surface area contributed by atoms with Crippen LogP contribution < -0.4 is 4.90 Å². The predicted molar refractivity (Wildman–Crippen MR) is 81.7 cm³/mol. The third kappa shape index (κ3) is 2.93. The molecule has 2 atom stereocenters. The molecule has 0 saturated carbocycles. The summed E-state index contributed by atoms with van der Waals surface area (Å²) in [6.45, 7) is 7.22. The lowest BCUT2D eigenvalue weighted by Crippen LogP contribution is -2.50. The highest BCUT2D eigenvalue weighted by atomic mass is 35.5. The Labute approximate surface area is 129 Å². The molecule has 2 aliphatic rings. The van der Waals surface area contributed by atoms with E-state index < -0.39 is 5.60 Å². The molecule has 0 N–H and O–H groups in total. The number of nitrogens with zero attached hydrogens (tertiary/aromatic N) is 3. The van der Waals surface area contributed by atoms with Crippen molar-refractivity contribution in [2.24, 2.45) is 0 Å². The van der Waals surface area contributed by atoms with Crippen molar-refractivity contribution < 1.29 is 9.53 Å². The zero-order chi connectivity index (χ0) is 15.2. The van der Waals surface area contributed by atoms with Crippen LogP contribution in [0.2, 0.25) is 5.15 Å². The van der Waals surface area contributed by atoms with Crippen molar-refractivity contribution >= 4 is 23.4 Å². The van der Waals surface area contributed by atoms with E-state index in [1.54, 1.807) is 12.3 Å². The molecule has 0 aliphatic carbocycles. The van der Waals surface area contributed by atoms with Crippen molar-refractivity contribution in [2.45, 2.75) is 44.9 Å². The normalized spacial score (nSPS) is 24.6. The molecule has 2 fully saturated rings. The molecular formula is C15H20ClN3O2. The number of hydrogen-bond donors (Lipinski definition) is 0. The van der Waals surface area contributed by atoms with Crippen LogP contribution >= 0.6 is 11.6 Å². The van der Waals surface area contributed by atoms with Crippen LogP contribution in [-0.2, 0) is 4.74 Å². The first-order chi connectivity index (χ1) is 9.83. The first-order valence-corrected chi connectivity index (χ1v) is 7.59. The van der Waals surface area contributed by atoms with Gasteiger partial charge in [0.05, 0.1) is 17.9 Å². The summed E-state index contributed by atoms with van der Waals surface area (Å²) >= 11 is 5.82. The molecule has 6 heteroatoms. The highest BCUT2D eigenvalue weighted by Gasteiger charge is 2.46. The quantitative estimate of drug-likeness (QED) is 0.748. The molecule has 0 unspecified atom stereocenters. The predicted octanol–water partition coefficient (Wildman–Crippen LogP) is 2.93. The molecular weight excluding hydrogens is 290 g/mol. The topological polar surface area (TPSA) is 45.7 Å². The number of likely N-dealkylation sites (tertiary alicyclic amines) is 1. The van der Waals surface area contributed by atoms with Gasteiger partial charge in [-0.1, -0.05) is 11.6 Å². The number of amides is 1. The summed E-state index contributed by atoms with van der Waals surface area (Å²) in [6.07, 6.45) is 2.58. The average molecular weight is 310 g/mol. The summed E-state index contributed by atoms with van der Waals surface area (Å²) in [5.74, 6) is 0. The van der Waals surface area contributed by atoms with E-state index in [1.165, 1.54) is 0 Å². The summed E-state index contributed by atoms with van der Waals surface area (Å²) in [6, 6.07) is 4.34. The molecule has 5 nitrogen and oxygen atoms in total. The second-order valence-electron chi connectivity index (χ2n) is 6.67. The standard InChI is InChI=1S/C15H20ClN3O2/c1-15(2,3)21-14(20)19-9-11-6-12(19)8-18(11)10-4-5-13(16)17-7-10/h4-5,7,11-12H,6,8-9H2,1-3H3/t11-,12-/m1/s1. The van der Waals surface area contributed by atoms with Gasteiger partial charge < -0.3 is 14.5 Å². The number of hydrogen-bond acceptors (Lipinski definition) is 4. The van der Waals surface area contributed by atoms with Crippen LogP contribution in [0.4, 0.5) is 10.5 Å². The van der Waals surface area contributed by atoms with Gasteiger partial charge in [0.2, 0.25) is 0 Å². The van der Waals surface area contributed by atoms with E-state index >= 15 is 0 Å². The van der Waals surface area contributed by atoms with Crippen molar-refractivity contribution in [1.29, 1.82) is 0 Å². The first kappa shape index (κ1) is 14.4. The Morgan fingerprint density at radius 2 is 2.10 bits per heavy atom. The smallest absolute Gasteiger partial charge is 0.410 e. The van der Waals surface area contributed by atoms with E-state index in [9.17, 15) is 4.79 Å². The second-order valence-corrected chi connectivity index (χ2v) is 7.05. The summed E-state index contributed by atoms with van der Waals surface area (Å²) in [5.41, 5.74) is 0.620. The first-order valence-electron chi connectivity index (χ1n) is 7.21. The monoisotopic (exact) mass is 309 g/mol. The lowest BCUT2D eigenvalue weighted by atomic mass is 10.2. The molecule has 1 aromatic rings. The Bertz CT molecular complexity index is 541. The van der Waals surface area contributed by atoms with Gasteiger partial charge in [0, 0.05) is 19.1 Å². The van der Waals surface area contributed by atoms with Gasteiger partial charge in [-0.15, -0.1) is 0 Å². The number of piperazine rings is 1. The maximum atomic E-state index is 12.2. The maximum Gasteiger partial charge on any atom is 0.410 e. The molecule has 2 aliphatic heterocycles. The molecule has 3 rings (SSSR count). The van der Waals surface area contributed by atoms with Crippen LogP contribution in [0.15, 0.2) is 18.3 Å². The van der Waals surface area contributed by atoms with Gasteiger partial charge in [-0.05, 0) is 39.3 Å². The number of pyridine rings is 1. The van der Waals surface area contributed by atoms with Gasteiger partial charge in [-0.2, -0.15) is 0 Å². The van der Waals surface area contributed by atoms with Gasteiger partial charge in [0.1, 0.15) is 10.8 Å². The van der Waals surface area contributed by atoms with Crippen molar-refractivity contribution in [3.63, 3.8) is 0 Å². The molecule has 2 bridgehead atoms. The van der Waals surface area contributed by atoms with Gasteiger partial charge in [-0.25, -0.2) is 9.78 Å². The minimum Gasteiger partial charge on any atom is -0.444 e. The summed E-state index contributed by atoms with van der Waals surface area (Å²) < 4.78 is 5.47. The number of ether oxygens (including phenoxy) is 1. The number of rotatable bonds is 1. The zero-order valence-corrected chi connectivity index (χ0v) is 13.3. The highest BCUT2D eigenvalue weighted by Crippen LogP contribution is 2.35. The third-order valence-corrected chi connectivity index (χ3v) is 4.14. The molecule has 3 heterocycles. The largest absolute Gasteiger partial charge is 0.444 e. The van der Waals surface area contributed by atoms with Gasteiger partial charge in [-0.3, -0.25) is 0 Å². The summed E-state index contributed by atoms with van der Waals surface area (Å²) in [5, 5.41) is 0.499. The number of anilines is 1. The third-order valence-electron chi connectivity index (χ3n) is 3.91. The highest BCUT2D eigenvalue weighted by molar-refractivity contribution is 6.29. The Hall–Kier alpha value is -1.49. The van der Waals surface area contributed by atoms with Crippen LogP contribution in [0.3, 0.4) is 0 Å². The molecule has 21 heavy (non-hydrogen) atoms. The van der Waals surface area contributed by atoms with Gasteiger partial charge in [0.25, 0.3) is 0 Å². The molecule has 0 spiro atoms. The summed E-state index contributed by atoms with van der Waals surface area (Å²) in [4.78, 5) is 20.5. The molecule has 1 aromatic heterocycles. The lowest BCUT2D eigenvalue weighted by Gasteiger charge is -2.36. The maximum absolute atomic E-state index is 12.2. The van der Waals surface area contributed by atoms with E-state index in [4.69, 9.17) is 16.3 Å². The zero-order valence-electron chi connectivity index (χ0n) is 12.5. The minimum absolute atomic E-state index is 0.205. The SMILES string of the molecule is CC(C)(C)OC(=O)N1C[C@H]2C[C@@H]1CN2c1ccc(Cl)nc1. The fraction of sp³-hybridized carbons (Fsp3) is 0.600. The lowest BCUT2D eigenvalue weighted by molar-refractivity contribution is 0.0215. The molecule has 2 saturated heterocycles. The summed E-state index contributed by atoms with van der Waals surface area (Å²) in [7, 11) is 0. The molecule has 1 amide bonds. The van der Waals surface area contributed by atoms with Crippen LogP contribution in [0.5, 0.6) is 0 Å². The Morgan fingerprint density at radius 3 is 2.62 bits per heavy atom. The molecule has 114 valence electrons. The Kier molecular flexibility index (Phi) is 3.48. The molecule has 0 aromatic carbocycles. The number of carbonyl (C=O) groups excluding carboxylic acids is 1. The van der Waals surface area contributed by atoms with E-state index in [2.05, 4.69) is 9.88 Å². The van der Waals surface area contributed by atoms with E-state index in [-0.39, 0.29) is 12.1 Å². The second kappa shape index (κ2) is 5.05. The number of aromatic nitrogens is 1. The fourth-order valence-corrected chi connectivity index (χ4v) is 3.18. The van der Waals surface area contributed by atoms with Gasteiger partial charge in [0.15, 0.2) is 0 Å². The average Bonchev–Trinajstić information content (AvgIpc) is 2.97. The Balaban J connectivity index is 1.66. The number of carbonyl (C=O) groups is 1. The van der Waals surface area contributed by atoms with Crippen molar-refractivity contribution in [2.75, 3.05) is 18.0 Å². The minimum atomic E-state index is -0.446. The van der Waals surface area contributed by atoms with Crippen LogP contribution in [-0.4, -0.2) is 46.8 Å². The van der Waals surface area contributed by atoms with E-state index in [1.807, 2.05) is 31.7 Å².